The number of aromatic nitrogens is 3. The van der Waals surface area contributed by atoms with Crippen molar-refractivity contribution in [2.45, 2.75) is 81.6 Å². The Bertz CT molecular complexity index is 1260. The van der Waals surface area contributed by atoms with Gasteiger partial charge in [0.2, 0.25) is 0 Å². The van der Waals surface area contributed by atoms with Gasteiger partial charge in [-0.2, -0.15) is 5.10 Å². The van der Waals surface area contributed by atoms with Gasteiger partial charge in [0, 0.05) is 48.9 Å². The number of aryl methyl sites for hydroxylation is 2. The standard InChI is InChI=1S/C22H24N4.C10H18.2C2H6.CH2O/c1-6-17(14-26(4)5)18-8-7-9-19(11-18)22-15(2)10-21(16(3)25-22)20-12-23-24-13-20;1-7-6-8(2)10(3)5-4-9(7)10;3*1-2/h6-14H,1H2,2-5H3,(H,23,24);7-9H,4-6H2,1-3H3;2*1-2H3;1H2/b17-14+;;;;. The van der Waals surface area contributed by atoms with Crippen molar-refractivity contribution in [3.05, 3.63) is 78.4 Å². The van der Waals surface area contributed by atoms with Gasteiger partial charge in [0.15, 0.2) is 0 Å². The molecule has 0 aliphatic heterocycles. The molecule has 4 atom stereocenters. The number of H-pyrrole nitrogens is 1. The molecule has 2 aliphatic carbocycles. The van der Waals surface area contributed by atoms with Crippen molar-refractivity contribution in [1.29, 1.82) is 0 Å². The molecule has 5 heteroatoms. The summed E-state index contributed by atoms with van der Waals surface area (Å²) < 4.78 is 0. The van der Waals surface area contributed by atoms with Crippen molar-refractivity contribution < 1.29 is 4.79 Å². The highest BCUT2D eigenvalue weighted by atomic mass is 16.1. The molecule has 5 rings (SSSR count). The Kier molecular flexibility index (Phi) is 15.2. The fourth-order valence-electron chi connectivity index (χ4n) is 6.36. The first-order chi connectivity index (χ1) is 20.1. The zero-order chi connectivity index (χ0) is 32.0. The van der Waals surface area contributed by atoms with Crippen LogP contribution in [0.15, 0.2) is 61.6 Å². The monoisotopic (exact) mass is 572 g/mol. The summed E-state index contributed by atoms with van der Waals surface area (Å²) in [5.41, 5.74) is 9.38. The van der Waals surface area contributed by atoms with E-state index < -0.39 is 0 Å². The van der Waals surface area contributed by atoms with E-state index in [1.807, 2.05) is 78.9 Å². The van der Waals surface area contributed by atoms with Gasteiger partial charge in [-0.25, -0.2) is 0 Å². The second kappa shape index (κ2) is 17.5. The average molecular weight is 573 g/mol. The van der Waals surface area contributed by atoms with Gasteiger partial charge < -0.3 is 9.69 Å². The molecule has 0 amide bonds. The van der Waals surface area contributed by atoms with Gasteiger partial charge in [-0.15, -0.1) is 0 Å². The van der Waals surface area contributed by atoms with Crippen LogP contribution in [0.5, 0.6) is 0 Å². The summed E-state index contributed by atoms with van der Waals surface area (Å²) in [7, 11) is 4.02. The molecule has 4 unspecified atom stereocenters. The fraction of sp³-hybridized carbons (Fsp3) is 0.486. The van der Waals surface area contributed by atoms with Crippen LogP contribution >= 0.6 is 0 Å². The van der Waals surface area contributed by atoms with E-state index in [0.29, 0.717) is 0 Å². The van der Waals surface area contributed by atoms with Crippen LogP contribution < -0.4 is 0 Å². The fourth-order valence-corrected chi connectivity index (χ4v) is 6.36. The number of rotatable bonds is 5. The van der Waals surface area contributed by atoms with E-state index in [0.717, 1.165) is 67.9 Å². The van der Waals surface area contributed by atoms with Crippen LogP contribution in [0.3, 0.4) is 0 Å². The van der Waals surface area contributed by atoms with Crippen LogP contribution in [0.25, 0.3) is 28.0 Å². The summed E-state index contributed by atoms with van der Waals surface area (Å²) in [4.78, 5) is 14.9. The quantitative estimate of drug-likeness (QED) is 0.309. The number of carbonyl (C=O) groups excluding carboxylic acids is 1. The zero-order valence-electron chi connectivity index (χ0n) is 28.2. The Balaban J connectivity index is 0.000000455. The summed E-state index contributed by atoms with van der Waals surface area (Å²) in [5, 5.41) is 6.91. The molecule has 0 spiro atoms. The highest BCUT2D eigenvalue weighted by molar-refractivity contribution is 5.78. The summed E-state index contributed by atoms with van der Waals surface area (Å²) in [5.74, 6) is 3.11. The molecule has 230 valence electrons. The smallest absolute Gasteiger partial charge is 0.106 e. The number of pyridine rings is 1. The first-order valence-corrected chi connectivity index (χ1v) is 15.5. The summed E-state index contributed by atoms with van der Waals surface area (Å²) in [6.45, 7) is 25.5. The number of carbonyl (C=O) groups is 1. The number of nitrogens with one attached hydrogen (secondary N) is 1. The highest BCUT2D eigenvalue weighted by Gasteiger charge is 2.53. The Morgan fingerprint density at radius 2 is 1.74 bits per heavy atom. The van der Waals surface area contributed by atoms with Gasteiger partial charge >= 0.3 is 0 Å². The Morgan fingerprint density at radius 1 is 1.07 bits per heavy atom. The van der Waals surface area contributed by atoms with Gasteiger partial charge in [-0.3, -0.25) is 10.1 Å². The van der Waals surface area contributed by atoms with Crippen LogP contribution in [-0.4, -0.2) is 41.0 Å². The molecule has 0 bridgehead atoms. The number of hydrogen-bond acceptors (Lipinski definition) is 4. The minimum atomic E-state index is 0.763. The van der Waals surface area contributed by atoms with Gasteiger partial charge in [0.05, 0.1) is 11.9 Å². The maximum absolute atomic E-state index is 8.00. The molecule has 5 nitrogen and oxygen atoms in total. The minimum absolute atomic E-state index is 0.763. The Hall–Kier alpha value is -3.47. The molecule has 2 heterocycles. The van der Waals surface area contributed by atoms with Crippen LogP contribution in [0.4, 0.5) is 0 Å². The first kappa shape index (κ1) is 36.6. The van der Waals surface area contributed by atoms with Crippen LogP contribution in [0, 0.1) is 37.0 Å². The molecule has 2 fully saturated rings. The topological polar surface area (TPSA) is 61.9 Å². The van der Waals surface area contributed by atoms with E-state index in [2.05, 4.69) is 81.0 Å². The molecule has 0 saturated heterocycles. The third-order valence-corrected chi connectivity index (χ3v) is 8.68. The second-order valence-electron chi connectivity index (χ2n) is 11.4. The predicted molar refractivity (Wildman–Crippen MR) is 182 cm³/mol. The maximum Gasteiger partial charge on any atom is 0.106 e. The van der Waals surface area contributed by atoms with E-state index in [4.69, 9.17) is 9.78 Å². The van der Waals surface area contributed by atoms with E-state index in [-0.39, 0.29) is 0 Å². The highest BCUT2D eigenvalue weighted by Crippen LogP contribution is 2.62. The number of aromatic amines is 1. The molecule has 1 aromatic carbocycles. The van der Waals surface area contributed by atoms with Crippen molar-refractivity contribution >= 4 is 12.4 Å². The van der Waals surface area contributed by atoms with Gasteiger partial charge in [-0.1, -0.05) is 79.3 Å². The van der Waals surface area contributed by atoms with Crippen LogP contribution in [0.2, 0.25) is 0 Å². The van der Waals surface area contributed by atoms with Crippen molar-refractivity contribution in [3.8, 4) is 22.4 Å². The van der Waals surface area contributed by atoms with Crippen LogP contribution in [0.1, 0.15) is 84.5 Å². The lowest BCUT2D eigenvalue weighted by molar-refractivity contribution is -0.0980. The number of allylic oxidation sites excluding steroid dienone is 2. The minimum Gasteiger partial charge on any atom is -0.383 e. The van der Waals surface area contributed by atoms with E-state index in [1.54, 1.807) is 0 Å². The summed E-state index contributed by atoms with van der Waals surface area (Å²) in [6.07, 6.45) is 12.2. The Labute approximate surface area is 256 Å². The Morgan fingerprint density at radius 3 is 2.19 bits per heavy atom. The lowest BCUT2D eigenvalue weighted by atomic mass is 9.59. The van der Waals surface area contributed by atoms with Crippen molar-refractivity contribution in [1.82, 2.24) is 20.1 Å². The zero-order valence-corrected chi connectivity index (χ0v) is 28.2. The molecule has 42 heavy (non-hydrogen) atoms. The number of benzene rings is 1. The molecule has 3 aromatic rings. The second-order valence-corrected chi connectivity index (χ2v) is 11.4. The normalized spacial score (nSPS) is 21.7. The van der Waals surface area contributed by atoms with Crippen molar-refractivity contribution in [3.63, 3.8) is 0 Å². The first-order valence-electron chi connectivity index (χ1n) is 15.5. The largest absolute Gasteiger partial charge is 0.383 e. The molecule has 0 radical (unpaired) electrons. The molecule has 2 saturated carbocycles. The predicted octanol–water partition coefficient (Wildman–Crippen LogP) is 9.79. The van der Waals surface area contributed by atoms with Crippen molar-refractivity contribution in [2.75, 3.05) is 14.1 Å². The SMILES string of the molecule is C=C/C(=C\N(C)C)c1cccc(-c2nc(C)c(-c3cn[nH]c3)cc2C)c1.C=O.CC.CC.CC1CC(C)C2(C)CCC12. The maximum atomic E-state index is 8.00. The third kappa shape index (κ3) is 8.53. The number of fused-ring (bicyclic) bond motifs is 1. The number of hydrogen-bond donors (Lipinski definition) is 1. The summed E-state index contributed by atoms with van der Waals surface area (Å²) in [6, 6.07) is 10.6. The van der Waals surface area contributed by atoms with E-state index >= 15 is 0 Å². The van der Waals surface area contributed by atoms with Gasteiger partial charge in [0.1, 0.15) is 6.79 Å². The van der Waals surface area contributed by atoms with Gasteiger partial charge in [-0.05, 0) is 85.1 Å². The lowest BCUT2D eigenvalue weighted by Gasteiger charge is -2.46. The van der Waals surface area contributed by atoms with E-state index in [1.165, 1.54) is 19.3 Å². The molecule has 2 aromatic heterocycles. The molecule has 1 N–H and O–H groups in total. The average Bonchev–Trinajstić information content (AvgIpc) is 3.58. The van der Waals surface area contributed by atoms with Crippen LogP contribution in [-0.2, 0) is 4.79 Å². The van der Waals surface area contributed by atoms with Crippen molar-refractivity contribution in [2.24, 2.45) is 23.2 Å². The van der Waals surface area contributed by atoms with E-state index in [9.17, 15) is 0 Å². The van der Waals surface area contributed by atoms with Gasteiger partial charge in [0.25, 0.3) is 0 Å². The molecular formula is C37H56N4O. The third-order valence-electron chi connectivity index (χ3n) is 8.68. The number of nitrogens with zero attached hydrogens (tertiary/aromatic N) is 3. The molecule has 2 aliphatic rings. The molecular weight excluding hydrogens is 516 g/mol. The summed E-state index contributed by atoms with van der Waals surface area (Å²) >= 11 is 0. The lowest BCUT2D eigenvalue weighted by Crippen LogP contribution is -2.38.